The van der Waals surface area contributed by atoms with Crippen molar-refractivity contribution in [1.29, 1.82) is 0 Å². The van der Waals surface area contributed by atoms with Gasteiger partial charge in [0.2, 0.25) is 5.91 Å². The van der Waals surface area contributed by atoms with Gasteiger partial charge in [0.1, 0.15) is 6.10 Å². The zero-order chi connectivity index (χ0) is 17.8. The van der Waals surface area contributed by atoms with Crippen LogP contribution < -0.4 is 5.32 Å². The SMILES string of the molecule is Cc1ccccc1[C@@H]1CN(C(=O)C[C@@H](C)C2CCNCC2)[C@H](C)CO1. The second-order valence-electron chi connectivity index (χ2n) is 7.84. The van der Waals surface area contributed by atoms with Gasteiger partial charge in [-0.25, -0.2) is 0 Å². The lowest BCUT2D eigenvalue weighted by Gasteiger charge is -2.39. The lowest BCUT2D eigenvalue weighted by Crippen LogP contribution is -2.49. The molecule has 138 valence electrons. The number of carbonyl (C=O) groups excluding carboxylic acids is 1. The number of nitrogens with one attached hydrogen (secondary N) is 1. The molecule has 2 fully saturated rings. The molecule has 25 heavy (non-hydrogen) atoms. The third-order valence-electron chi connectivity index (χ3n) is 5.97. The number of aryl methyl sites for hydroxylation is 1. The van der Waals surface area contributed by atoms with Crippen molar-refractivity contribution in [3.63, 3.8) is 0 Å². The van der Waals surface area contributed by atoms with E-state index in [0.29, 0.717) is 37.3 Å². The molecule has 0 saturated carbocycles. The maximum Gasteiger partial charge on any atom is 0.223 e. The Morgan fingerprint density at radius 1 is 1.32 bits per heavy atom. The molecule has 2 aliphatic rings. The number of ether oxygens (including phenoxy) is 1. The van der Waals surface area contributed by atoms with Crippen molar-refractivity contribution in [2.45, 2.75) is 52.2 Å². The van der Waals surface area contributed by atoms with E-state index < -0.39 is 0 Å². The van der Waals surface area contributed by atoms with E-state index in [0.717, 1.165) is 13.1 Å². The Morgan fingerprint density at radius 2 is 2.04 bits per heavy atom. The highest BCUT2D eigenvalue weighted by molar-refractivity contribution is 5.77. The summed E-state index contributed by atoms with van der Waals surface area (Å²) in [6.07, 6.45) is 3.04. The van der Waals surface area contributed by atoms with Gasteiger partial charge in [0, 0.05) is 6.42 Å². The summed E-state index contributed by atoms with van der Waals surface area (Å²) in [6.45, 7) is 9.93. The Labute approximate surface area is 151 Å². The van der Waals surface area contributed by atoms with Gasteiger partial charge >= 0.3 is 0 Å². The van der Waals surface area contributed by atoms with Gasteiger partial charge in [-0.2, -0.15) is 0 Å². The number of benzene rings is 1. The van der Waals surface area contributed by atoms with E-state index in [1.807, 2.05) is 6.07 Å². The van der Waals surface area contributed by atoms with Gasteiger partial charge in [0.15, 0.2) is 0 Å². The maximum absolute atomic E-state index is 13.0. The zero-order valence-corrected chi connectivity index (χ0v) is 15.8. The number of hydrogen-bond donors (Lipinski definition) is 1. The van der Waals surface area contributed by atoms with Crippen molar-refractivity contribution in [2.75, 3.05) is 26.2 Å². The van der Waals surface area contributed by atoms with E-state index in [9.17, 15) is 4.79 Å². The van der Waals surface area contributed by atoms with Gasteiger partial charge in [-0.15, -0.1) is 0 Å². The molecule has 0 bridgehead atoms. The Hall–Kier alpha value is -1.39. The average molecular weight is 344 g/mol. The molecular formula is C21H32N2O2. The molecule has 4 heteroatoms. The number of piperidine rings is 1. The summed E-state index contributed by atoms with van der Waals surface area (Å²) in [4.78, 5) is 15.0. The molecule has 1 amide bonds. The number of rotatable bonds is 4. The minimum absolute atomic E-state index is 0.00413. The summed E-state index contributed by atoms with van der Waals surface area (Å²) in [6, 6.07) is 8.49. The van der Waals surface area contributed by atoms with Gasteiger partial charge in [-0.1, -0.05) is 31.2 Å². The van der Waals surface area contributed by atoms with Crippen LogP contribution in [0.3, 0.4) is 0 Å². The topological polar surface area (TPSA) is 41.6 Å². The van der Waals surface area contributed by atoms with Gasteiger partial charge in [-0.05, 0) is 62.7 Å². The van der Waals surface area contributed by atoms with E-state index in [1.54, 1.807) is 0 Å². The molecule has 0 unspecified atom stereocenters. The Morgan fingerprint density at radius 3 is 2.76 bits per heavy atom. The summed E-state index contributed by atoms with van der Waals surface area (Å²) in [5, 5.41) is 3.41. The summed E-state index contributed by atoms with van der Waals surface area (Å²) in [7, 11) is 0. The Bertz CT molecular complexity index is 583. The fraction of sp³-hybridized carbons (Fsp3) is 0.667. The normalized spacial score (nSPS) is 26.4. The Kier molecular flexibility index (Phi) is 6.13. The molecule has 0 spiro atoms. The lowest BCUT2D eigenvalue weighted by atomic mass is 9.83. The first-order chi connectivity index (χ1) is 12.1. The van der Waals surface area contributed by atoms with Crippen LogP contribution in [0, 0.1) is 18.8 Å². The molecule has 0 aromatic heterocycles. The molecule has 1 aromatic rings. The van der Waals surface area contributed by atoms with Crippen LogP contribution in [0.15, 0.2) is 24.3 Å². The van der Waals surface area contributed by atoms with Crippen LogP contribution in [0.2, 0.25) is 0 Å². The van der Waals surface area contributed by atoms with Crippen LogP contribution >= 0.6 is 0 Å². The molecule has 3 atom stereocenters. The van der Waals surface area contributed by atoms with E-state index in [2.05, 4.69) is 49.2 Å². The van der Waals surface area contributed by atoms with Crippen molar-refractivity contribution >= 4 is 5.91 Å². The lowest BCUT2D eigenvalue weighted by molar-refractivity contribution is -0.145. The Balaban J connectivity index is 1.63. The first kappa shape index (κ1) is 18.4. The van der Waals surface area contributed by atoms with Crippen LogP contribution in [0.4, 0.5) is 0 Å². The first-order valence-electron chi connectivity index (χ1n) is 9.73. The van der Waals surface area contributed by atoms with Crippen LogP contribution in [0.25, 0.3) is 0 Å². The van der Waals surface area contributed by atoms with Gasteiger partial charge < -0.3 is 15.0 Å². The van der Waals surface area contributed by atoms with Crippen molar-refractivity contribution < 1.29 is 9.53 Å². The second-order valence-corrected chi connectivity index (χ2v) is 7.84. The maximum atomic E-state index is 13.0. The van der Waals surface area contributed by atoms with Crippen LogP contribution in [-0.2, 0) is 9.53 Å². The van der Waals surface area contributed by atoms with Crippen molar-refractivity contribution in [2.24, 2.45) is 11.8 Å². The summed E-state index contributed by atoms with van der Waals surface area (Å²) >= 11 is 0. The number of morpholine rings is 1. The minimum Gasteiger partial charge on any atom is -0.370 e. The molecule has 2 saturated heterocycles. The quantitative estimate of drug-likeness (QED) is 0.911. The third-order valence-corrected chi connectivity index (χ3v) is 5.97. The van der Waals surface area contributed by atoms with E-state index in [1.165, 1.54) is 24.0 Å². The highest BCUT2D eigenvalue weighted by Gasteiger charge is 2.32. The number of carbonyl (C=O) groups is 1. The zero-order valence-electron chi connectivity index (χ0n) is 15.8. The monoisotopic (exact) mass is 344 g/mol. The predicted molar refractivity (Wildman–Crippen MR) is 100 cm³/mol. The molecule has 0 aliphatic carbocycles. The molecule has 3 rings (SSSR count). The van der Waals surface area contributed by atoms with Crippen molar-refractivity contribution in [3.05, 3.63) is 35.4 Å². The summed E-state index contributed by atoms with van der Waals surface area (Å²) in [5.41, 5.74) is 2.44. The third kappa shape index (κ3) is 4.42. The molecule has 4 nitrogen and oxygen atoms in total. The largest absolute Gasteiger partial charge is 0.370 e. The number of nitrogens with zero attached hydrogens (tertiary/aromatic N) is 1. The van der Waals surface area contributed by atoms with E-state index in [-0.39, 0.29) is 12.1 Å². The second kappa shape index (κ2) is 8.33. The van der Waals surface area contributed by atoms with Crippen LogP contribution in [-0.4, -0.2) is 43.1 Å². The molecular weight excluding hydrogens is 312 g/mol. The smallest absolute Gasteiger partial charge is 0.223 e. The van der Waals surface area contributed by atoms with Crippen LogP contribution in [0.5, 0.6) is 0 Å². The molecule has 1 N–H and O–H groups in total. The van der Waals surface area contributed by atoms with Gasteiger partial charge in [0.05, 0.1) is 19.2 Å². The first-order valence-corrected chi connectivity index (χ1v) is 9.73. The number of hydrogen-bond acceptors (Lipinski definition) is 3. The highest BCUT2D eigenvalue weighted by atomic mass is 16.5. The van der Waals surface area contributed by atoms with Gasteiger partial charge in [-0.3, -0.25) is 4.79 Å². The molecule has 1 aromatic carbocycles. The molecule has 2 aliphatic heterocycles. The number of amides is 1. The predicted octanol–water partition coefficient (Wildman–Crippen LogP) is 3.31. The minimum atomic E-state index is -0.00413. The van der Waals surface area contributed by atoms with Crippen LogP contribution in [0.1, 0.15) is 50.3 Å². The van der Waals surface area contributed by atoms with Crippen molar-refractivity contribution in [3.8, 4) is 0 Å². The summed E-state index contributed by atoms with van der Waals surface area (Å²) in [5.74, 6) is 1.43. The highest BCUT2D eigenvalue weighted by Crippen LogP contribution is 2.30. The van der Waals surface area contributed by atoms with E-state index in [4.69, 9.17) is 4.74 Å². The standard InChI is InChI=1S/C21H32N2O2/c1-15-6-4-5-7-19(15)20-13-23(17(3)14-25-20)21(24)12-16(2)18-8-10-22-11-9-18/h4-7,16-18,20,22H,8-14H2,1-3H3/t16-,17-,20+/m1/s1. The molecule has 0 radical (unpaired) electrons. The fourth-order valence-electron chi connectivity index (χ4n) is 4.21. The van der Waals surface area contributed by atoms with Gasteiger partial charge in [0.25, 0.3) is 0 Å². The van der Waals surface area contributed by atoms with Crippen molar-refractivity contribution in [1.82, 2.24) is 10.2 Å². The average Bonchev–Trinajstić information content (AvgIpc) is 2.63. The summed E-state index contributed by atoms with van der Waals surface area (Å²) < 4.78 is 6.06. The fourth-order valence-corrected chi connectivity index (χ4v) is 4.21. The van der Waals surface area contributed by atoms with E-state index >= 15 is 0 Å². The molecule has 2 heterocycles.